The van der Waals surface area contributed by atoms with Gasteiger partial charge in [-0.3, -0.25) is 14.3 Å². The lowest BCUT2D eigenvalue weighted by molar-refractivity contribution is 0.102. The Hall–Kier alpha value is -2.64. The van der Waals surface area contributed by atoms with Crippen molar-refractivity contribution >= 4 is 17.5 Å². The summed E-state index contributed by atoms with van der Waals surface area (Å²) >= 11 is 1.46. The number of likely N-dealkylation sites (tertiary alicyclic amines) is 1. The molecule has 0 radical (unpaired) electrons. The Kier molecular flexibility index (Phi) is 7.27. The highest BCUT2D eigenvalue weighted by Gasteiger charge is 2.21. The van der Waals surface area contributed by atoms with Crippen LogP contribution in [0.1, 0.15) is 46.8 Å². The molecule has 6 nitrogen and oxygen atoms in total. The number of hydrogen-bond acceptors (Lipinski definition) is 5. The number of nitrogens with zero attached hydrogens (tertiary/aromatic N) is 5. The summed E-state index contributed by atoms with van der Waals surface area (Å²) in [5.41, 5.74) is 3.87. The summed E-state index contributed by atoms with van der Waals surface area (Å²) in [6.45, 7) is 11.5. The lowest BCUT2D eigenvalue weighted by Gasteiger charge is -2.26. The number of Topliss-reactive ketones (excluding diaryl/α,β-unsaturated/α-hetero) is 1. The zero-order valence-corrected chi connectivity index (χ0v) is 19.8. The molecule has 1 aromatic carbocycles. The Balaban J connectivity index is 1.55. The van der Waals surface area contributed by atoms with Crippen molar-refractivity contribution in [2.45, 2.75) is 51.4 Å². The number of thioether (sulfide) groups is 1. The molecule has 0 unspecified atom stereocenters. The van der Waals surface area contributed by atoms with Crippen molar-refractivity contribution < 1.29 is 4.79 Å². The van der Waals surface area contributed by atoms with E-state index in [0.717, 1.165) is 53.3 Å². The zero-order chi connectivity index (χ0) is 22.5. The minimum Gasteiger partial charge on any atom is -0.345 e. The van der Waals surface area contributed by atoms with Gasteiger partial charge >= 0.3 is 0 Å². The molecule has 0 bridgehead atoms. The van der Waals surface area contributed by atoms with Crippen LogP contribution in [0.4, 0.5) is 0 Å². The summed E-state index contributed by atoms with van der Waals surface area (Å²) in [7, 11) is 0. The Labute approximate surface area is 194 Å². The van der Waals surface area contributed by atoms with Gasteiger partial charge in [0, 0.05) is 29.2 Å². The standard InChI is InChI=1S/C25H31N5OS/c1-4-13-29-19(2)16-22(20(29)3)23(31)18-32-25-27-26-24(17-28-14-9-6-10-15-28)30(25)21-11-7-5-8-12-21/h4-5,7-8,11-12,16H,1,6,9-10,13-15,17-18H2,2-3H3. The first kappa shape index (κ1) is 22.6. The van der Waals surface area contributed by atoms with Crippen molar-refractivity contribution in [3.05, 3.63) is 71.8 Å². The van der Waals surface area contributed by atoms with Crippen LogP contribution in [0.5, 0.6) is 0 Å². The van der Waals surface area contributed by atoms with Crippen molar-refractivity contribution in [2.24, 2.45) is 0 Å². The van der Waals surface area contributed by atoms with Gasteiger partial charge in [-0.05, 0) is 58.0 Å². The molecule has 0 saturated carbocycles. The molecule has 0 N–H and O–H groups in total. The number of hydrogen-bond donors (Lipinski definition) is 0. The van der Waals surface area contributed by atoms with Gasteiger partial charge in [-0.15, -0.1) is 16.8 Å². The first-order chi connectivity index (χ1) is 15.6. The van der Waals surface area contributed by atoms with E-state index in [4.69, 9.17) is 0 Å². The number of allylic oxidation sites excluding steroid dienone is 1. The highest BCUT2D eigenvalue weighted by Crippen LogP contribution is 2.25. The van der Waals surface area contributed by atoms with Gasteiger partial charge in [-0.25, -0.2) is 0 Å². The van der Waals surface area contributed by atoms with Gasteiger partial charge < -0.3 is 4.57 Å². The molecular weight excluding hydrogens is 418 g/mol. The van der Waals surface area contributed by atoms with Crippen LogP contribution in [-0.2, 0) is 13.1 Å². The van der Waals surface area contributed by atoms with E-state index in [9.17, 15) is 4.79 Å². The molecule has 2 aromatic heterocycles. The van der Waals surface area contributed by atoms with Crippen LogP contribution in [0, 0.1) is 13.8 Å². The highest BCUT2D eigenvalue weighted by molar-refractivity contribution is 7.99. The molecule has 7 heteroatoms. The van der Waals surface area contributed by atoms with Gasteiger partial charge in [0.1, 0.15) is 0 Å². The van der Waals surface area contributed by atoms with Crippen LogP contribution >= 0.6 is 11.8 Å². The van der Waals surface area contributed by atoms with Gasteiger partial charge in [-0.1, -0.05) is 42.5 Å². The molecule has 3 aromatic rings. The summed E-state index contributed by atoms with van der Waals surface area (Å²) in [5, 5.41) is 9.76. The topological polar surface area (TPSA) is 56.0 Å². The molecule has 32 heavy (non-hydrogen) atoms. The maximum Gasteiger partial charge on any atom is 0.196 e. The molecule has 3 heterocycles. The van der Waals surface area contributed by atoms with E-state index in [1.807, 2.05) is 44.2 Å². The summed E-state index contributed by atoms with van der Waals surface area (Å²) in [5.74, 6) is 1.36. The fourth-order valence-corrected chi connectivity index (χ4v) is 5.21. The third-order valence-corrected chi connectivity index (χ3v) is 6.98. The highest BCUT2D eigenvalue weighted by atomic mass is 32.2. The normalized spacial score (nSPS) is 14.6. The summed E-state index contributed by atoms with van der Waals surface area (Å²) < 4.78 is 4.22. The van der Waals surface area contributed by atoms with Crippen LogP contribution < -0.4 is 0 Å². The minimum absolute atomic E-state index is 0.110. The smallest absolute Gasteiger partial charge is 0.196 e. The van der Waals surface area contributed by atoms with Gasteiger partial charge in [0.05, 0.1) is 12.3 Å². The number of rotatable bonds is 9. The SMILES string of the molecule is C=CCn1c(C)cc(C(=O)CSc2nnc(CN3CCCCC3)n2-c2ccccc2)c1C. The summed E-state index contributed by atoms with van der Waals surface area (Å²) in [6, 6.07) is 12.2. The summed E-state index contributed by atoms with van der Waals surface area (Å²) in [6.07, 6.45) is 5.63. The second-order valence-corrected chi connectivity index (χ2v) is 9.25. The van der Waals surface area contributed by atoms with E-state index in [2.05, 4.69) is 42.9 Å². The first-order valence-corrected chi connectivity index (χ1v) is 12.2. The van der Waals surface area contributed by atoms with Crippen molar-refractivity contribution in [2.75, 3.05) is 18.8 Å². The lowest BCUT2D eigenvalue weighted by atomic mass is 10.1. The molecule has 1 aliphatic heterocycles. The van der Waals surface area contributed by atoms with Gasteiger partial charge in [0.25, 0.3) is 0 Å². The fourth-order valence-electron chi connectivity index (χ4n) is 4.35. The van der Waals surface area contributed by atoms with Crippen molar-refractivity contribution in [1.82, 2.24) is 24.2 Å². The van der Waals surface area contributed by atoms with Crippen LogP contribution in [0.15, 0.2) is 54.2 Å². The number of aryl methyl sites for hydroxylation is 1. The third kappa shape index (κ3) is 4.89. The van der Waals surface area contributed by atoms with Crippen LogP contribution in [0.2, 0.25) is 0 Å². The van der Waals surface area contributed by atoms with Crippen LogP contribution in [-0.4, -0.2) is 48.9 Å². The molecule has 1 aliphatic rings. The largest absolute Gasteiger partial charge is 0.345 e. The zero-order valence-electron chi connectivity index (χ0n) is 19.0. The maximum atomic E-state index is 13.1. The number of carbonyl (C=O) groups excluding carboxylic acids is 1. The Bertz CT molecular complexity index is 1080. The number of carbonyl (C=O) groups is 1. The molecule has 0 spiro atoms. The molecule has 0 aliphatic carbocycles. The van der Waals surface area contributed by atoms with Crippen molar-refractivity contribution in [3.8, 4) is 5.69 Å². The number of para-hydroxylation sites is 1. The Morgan fingerprint density at radius 3 is 2.59 bits per heavy atom. The van der Waals surface area contributed by atoms with Crippen LogP contribution in [0.3, 0.4) is 0 Å². The molecule has 0 amide bonds. The maximum absolute atomic E-state index is 13.1. The average molecular weight is 450 g/mol. The third-order valence-electron chi connectivity index (χ3n) is 6.05. The predicted molar refractivity (Wildman–Crippen MR) is 130 cm³/mol. The van der Waals surface area contributed by atoms with E-state index in [1.54, 1.807) is 0 Å². The second-order valence-electron chi connectivity index (χ2n) is 8.30. The summed E-state index contributed by atoms with van der Waals surface area (Å²) in [4.78, 5) is 15.5. The Morgan fingerprint density at radius 1 is 1.12 bits per heavy atom. The van der Waals surface area contributed by atoms with E-state index < -0.39 is 0 Å². The number of piperidine rings is 1. The monoisotopic (exact) mass is 449 g/mol. The molecular formula is C25H31N5OS. The molecule has 1 saturated heterocycles. The molecule has 0 atom stereocenters. The quantitative estimate of drug-likeness (QED) is 0.266. The molecule has 1 fully saturated rings. The molecule has 168 valence electrons. The number of aromatic nitrogens is 4. The van der Waals surface area contributed by atoms with Gasteiger partial charge in [-0.2, -0.15) is 0 Å². The van der Waals surface area contributed by atoms with Gasteiger partial charge in [0.15, 0.2) is 16.8 Å². The van der Waals surface area contributed by atoms with Crippen LogP contribution in [0.25, 0.3) is 5.69 Å². The van der Waals surface area contributed by atoms with E-state index in [-0.39, 0.29) is 5.78 Å². The number of benzene rings is 1. The first-order valence-electron chi connectivity index (χ1n) is 11.2. The van der Waals surface area contributed by atoms with E-state index in [1.165, 1.54) is 31.0 Å². The average Bonchev–Trinajstić information content (AvgIpc) is 3.34. The fraction of sp³-hybridized carbons (Fsp3) is 0.400. The molecule has 4 rings (SSSR count). The van der Waals surface area contributed by atoms with Gasteiger partial charge in [0.2, 0.25) is 0 Å². The van der Waals surface area contributed by atoms with E-state index >= 15 is 0 Å². The minimum atomic E-state index is 0.110. The van der Waals surface area contributed by atoms with Crippen molar-refractivity contribution in [1.29, 1.82) is 0 Å². The Morgan fingerprint density at radius 2 is 1.88 bits per heavy atom. The van der Waals surface area contributed by atoms with E-state index in [0.29, 0.717) is 12.3 Å². The number of ketones is 1. The second kappa shape index (κ2) is 10.3. The predicted octanol–water partition coefficient (Wildman–Crippen LogP) is 4.83. The van der Waals surface area contributed by atoms with Crippen molar-refractivity contribution in [3.63, 3.8) is 0 Å². The lowest BCUT2D eigenvalue weighted by Crippen LogP contribution is -2.30.